The second kappa shape index (κ2) is 3.72. The number of hydrogen-bond acceptors (Lipinski definition) is 1. The molecule has 0 aliphatic heterocycles. The zero-order valence-corrected chi connectivity index (χ0v) is 9.31. The lowest BCUT2D eigenvalue weighted by atomic mass is 9.88. The van der Waals surface area contributed by atoms with Crippen LogP contribution in [0.4, 0.5) is 0 Å². The maximum absolute atomic E-state index is 5.80. The molecule has 1 aromatic heterocycles. The standard InChI is InChI=1S/C9H13ClNP/c1-9(2,3)7-5-4-6-11-8(7)12-10/h4-6,12H,1-3H3. The predicted octanol–water partition coefficient (Wildman–Crippen LogP) is 2.84. The molecule has 0 fully saturated rings. The van der Waals surface area contributed by atoms with E-state index in [0.717, 1.165) is 5.44 Å². The summed E-state index contributed by atoms with van der Waals surface area (Å²) in [6, 6.07) is 4.05. The molecule has 3 heteroatoms. The molecule has 0 aromatic carbocycles. The molecule has 1 rings (SSSR count). The Morgan fingerprint density at radius 2 is 2.08 bits per heavy atom. The fraction of sp³-hybridized carbons (Fsp3) is 0.444. The molecule has 1 atom stereocenters. The van der Waals surface area contributed by atoms with Gasteiger partial charge < -0.3 is 0 Å². The maximum Gasteiger partial charge on any atom is 0.0793 e. The SMILES string of the molecule is CC(C)(C)c1cccnc1PCl. The van der Waals surface area contributed by atoms with Gasteiger partial charge in [0, 0.05) is 14.1 Å². The highest BCUT2D eigenvalue weighted by Crippen LogP contribution is 2.25. The number of aromatic nitrogens is 1. The van der Waals surface area contributed by atoms with E-state index in [2.05, 4.69) is 31.8 Å². The van der Waals surface area contributed by atoms with Gasteiger partial charge in [-0.3, -0.25) is 4.98 Å². The largest absolute Gasteiger partial charge is 0.255 e. The lowest BCUT2D eigenvalue weighted by Gasteiger charge is -2.20. The summed E-state index contributed by atoms with van der Waals surface area (Å²) in [6.45, 7) is 6.51. The Labute approximate surface area is 80.1 Å². The fourth-order valence-corrected chi connectivity index (χ4v) is 2.22. The smallest absolute Gasteiger partial charge is 0.0793 e. The topological polar surface area (TPSA) is 12.9 Å². The molecular weight excluding hydrogens is 189 g/mol. The van der Waals surface area contributed by atoms with Crippen molar-refractivity contribution in [3.05, 3.63) is 23.9 Å². The van der Waals surface area contributed by atoms with E-state index in [-0.39, 0.29) is 13.3 Å². The molecular formula is C9H13ClNP. The Kier molecular flexibility index (Phi) is 3.09. The minimum Gasteiger partial charge on any atom is -0.255 e. The lowest BCUT2D eigenvalue weighted by molar-refractivity contribution is 0.592. The molecule has 0 saturated heterocycles. The first-order valence-electron chi connectivity index (χ1n) is 3.88. The fourth-order valence-electron chi connectivity index (χ4n) is 1.09. The molecule has 1 heterocycles. The van der Waals surface area contributed by atoms with Gasteiger partial charge in [-0.2, -0.15) is 0 Å². The molecule has 1 nitrogen and oxygen atoms in total. The van der Waals surface area contributed by atoms with Gasteiger partial charge in [-0.25, -0.2) is 0 Å². The molecule has 12 heavy (non-hydrogen) atoms. The van der Waals surface area contributed by atoms with Crippen LogP contribution in [-0.2, 0) is 5.41 Å². The Morgan fingerprint density at radius 3 is 2.50 bits per heavy atom. The highest BCUT2D eigenvalue weighted by molar-refractivity contribution is 7.74. The molecule has 1 unspecified atom stereocenters. The van der Waals surface area contributed by atoms with Crippen LogP contribution in [0.3, 0.4) is 0 Å². The Hall–Kier alpha value is -0.130. The van der Waals surface area contributed by atoms with E-state index in [4.69, 9.17) is 11.2 Å². The van der Waals surface area contributed by atoms with Gasteiger partial charge in [-0.05, 0) is 17.0 Å². The summed E-state index contributed by atoms with van der Waals surface area (Å²) < 4.78 is 0. The summed E-state index contributed by atoms with van der Waals surface area (Å²) in [7, 11) is 0.264. The summed E-state index contributed by atoms with van der Waals surface area (Å²) in [6.07, 6.45) is 1.79. The molecule has 0 amide bonds. The monoisotopic (exact) mass is 201 g/mol. The lowest BCUT2D eigenvalue weighted by Crippen LogP contribution is -2.20. The number of pyridine rings is 1. The van der Waals surface area contributed by atoms with Crippen molar-refractivity contribution in [2.75, 3.05) is 0 Å². The first kappa shape index (κ1) is 9.95. The summed E-state index contributed by atoms with van der Waals surface area (Å²) in [5.41, 5.74) is 2.41. The third-order valence-corrected chi connectivity index (χ3v) is 2.82. The van der Waals surface area contributed by atoms with E-state index >= 15 is 0 Å². The van der Waals surface area contributed by atoms with Gasteiger partial charge in [-0.15, -0.1) is 0 Å². The molecule has 0 saturated carbocycles. The number of hydrogen-bond donors (Lipinski definition) is 0. The van der Waals surface area contributed by atoms with E-state index in [1.54, 1.807) is 6.20 Å². The minimum absolute atomic E-state index is 0.144. The Balaban J connectivity index is 3.14. The molecule has 0 bridgehead atoms. The van der Waals surface area contributed by atoms with Crippen LogP contribution >= 0.6 is 19.2 Å². The van der Waals surface area contributed by atoms with Crippen LogP contribution < -0.4 is 5.44 Å². The second-order valence-electron chi connectivity index (χ2n) is 3.74. The summed E-state index contributed by atoms with van der Waals surface area (Å²) in [5, 5.41) is 0. The number of rotatable bonds is 1. The zero-order chi connectivity index (χ0) is 9.19. The molecule has 1 aromatic rings. The molecule has 0 aliphatic rings. The summed E-state index contributed by atoms with van der Waals surface area (Å²) in [5.74, 6) is 0. The zero-order valence-electron chi connectivity index (χ0n) is 7.56. The van der Waals surface area contributed by atoms with Crippen LogP contribution in [0.25, 0.3) is 0 Å². The van der Waals surface area contributed by atoms with Gasteiger partial charge in [0.05, 0.1) is 5.44 Å². The van der Waals surface area contributed by atoms with Crippen LogP contribution in [0.2, 0.25) is 0 Å². The van der Waals surface area contributed by atoms with E-state index in [1.807, 2.05) is 6.07 Å². The van der Waals surface area contributed by atoms with Gasteiger partial charge >= 0.3 is 0 Å². The van der Waals surface area contributed by atoms with Crippen LogP contribution in [0.15, 0.2) is 18.3 Å². The van der Waals surface area contributed by atoms with Crippen molar-refractivity contribution in [3.8, 4) is 0 Å². The van der Waals surface area contributed by atoms with Crippen molar-refractivity contribution < 1.29 is 0 Å². The average Bonchev–Trinajstić information content (AvgIpc) is 2.03. The number of halogens is 1. The molecule has 66 valence electrons. The maximum atomic E-state index is 5.80. The van der Waals surface area contributed by atoms with Crippen molar-refractivity contribution in [2.24, 2.45) is 0 Å². The van der Waals surface area contributed by atoms with Gasteiger partial charge in [0.15, 0.2) is 0 Å². The van der Waals surface area contributed by atoms with Crippen LogP contribution in [0, 0.1) is 0 Å². The van der Waals surface area contributed by atoms with Gasteiger partial charge in [0.25, 0.3) is 0 Å². The van der Waals surface area contributed by atoms with E-state index < -0.39 is 0 Å². The third-order valence-electron chi connectivity index (χ3n) is 1.71. The quantitative estimate of drug-likeness (QED) is 0.637. The molecule has 0 radical (unpaired) electrons. The van der Waals surface area contributed by atoms with Crippen molar-refractivity contribution in [1.82, 2.24) is 4.98 Å². The molecule has 0 spiro atoms. The summed E-state index contributed by atoms with van der Waals surface area (Å²) >= 11 is 5.80. The van der Waals surface area contributed by atoms with Crippen molar-refractivity contribution in [2.45, 2.75) is 26.2 Å². The van der Waals surface area contributed by atoms with Crippen molar-refractivity contribution >= 4 is 24.6 Å². The third kappa shape index (κ3) is 2.18. The molecule has 0 aliphatic carbocycles. The van der Waals surface area contributed by atoms with Crippen LogP contribution in [-0.4, -0.2) is 4.98 Å². The van der Waals surface area contributed by atoms with Gasteiger partial charge in [-0.1, -0.05) is 38.1 Å². The number of nitrogens with zero attached hydrogens (tertiary/aromatic N) is 1. The molecule has 0 N–H and O–H groups in total. The van der Waals surface area contributed by atoms with E-state index in [9.17, 15) is 0 Å². The van der Waals surface area contributed by atoms with Gasteiger partial charge in [0.2, 0.25) is 0 Å². The van der Waals surface area contributed by atoms with Crippen molar-refractivity contribution in [3.63, 3.8) is 0 Å². The normalized spacial score (nSPS) is 12.7. The average molecular weight is 202 g/mol. The predicted molar refractivity (Wildman–Crippen MR) is 56.7 cm³/mol. The summed E-state index contributed by atoms with van der Waals surface area (Å²) in [4.78, 5) is 4.24. The second-order valence-corrected chi connectivity index (χ2v) is 4.97. The first-order valence-corrected chi connectivity index (χ1v) is 5.89. The minimum atomic E-state index is 0.144. The Morgan fingerprint density at radius 1 is 1.42 bits per heavy atom. The highest BCUT2D eigenvalue weighted by Gasteiger charge is 2.17. The first-order chi connectivity index (χ1) is 5.55. The van der Waals surface area contributed by atoms with Gasteiger partial charge in [0.1, 0.15) is 0 Å². The highest BCUT2D eigenvalue weighted by atomic mass is 35.7. The van der Waals surface area contributed by atoms with E-state index in [0.29, 0.717) is 0 Å². The van der Waals surface area contributed by atoms with Crippen molar-refractivity contribution in [1.29, 1.82) is 0 Å². The van der Waals surface area contributed by atoms with Crippen LogP contribution in [0.5, 0.6) is 0 Å². The van der Waals surface area contributed by atoms with Crippen LogP contribution in [0.1, 0.15) is 26.3 Å². The Bertz CT molecular complexity index is 267. The van der Waals surface area contributed by atoms with E-state index in [1.165, 1.54) is 5.56 Å².